The van der Waals surface area contributed by atoms with Gasteiger partial charge in [0.2, 0.25) is 5.95 Å². The van der Waals surface area contributed by atoms with Crippen molar-refractivity contribution in [2.75, 3.05) is 7.05 Å². The van der Waals surface area contributed by atoms with E-state index in [9.17, 15) is 22.4 Å². The number of carbonyl (C=O) groups is 2. The number of halogens is 1. The standard InChI is InChI=1S/C17H17FN4O2S.C4H4O4/c1-12-5-6-15(17(18)21-12)16-8-13(9-19-2)11-22(16)25(23,24)14-4-3-7-20-10-14;5-3(6)1-2-4(7)8/h3-8,10-11,19H,9H2,1-2H3;1-2H,(H,5,6)(H,7,8). The first-order valence-corrected chi connectivity index (χ1v) is 10.8. The smallest absolute Gasteiger partial charge is 0.328 e. The monoisotopic (exact) mass is 476 g/mol. The van der Waals surface area contributed by atoms with E-state index in [4.69, 9.17) is 10.2 Å². The molecule has 3 aromatic heterocycles. The summed E-state index contributed by atoms with van der Waals surface area (Å²) in [7, 11) is -2.16. The molecule has 0 aliphatic heterocycles. The molecular formula is C21H21FN4O6S. The number of carboxylic acid groups (broad SMARTS) is 2. The molecule has 3 rings (SSSR count). The minimum Gasteiger partial charge on any atom is -0.478 e. The van der Waals surface area contributed by atoms with Gasteiger partial charge in [0.25, 0.3) is 10.0 Å². The van der Waals surface area contributed by atoms with Gasteiger partial charge in [0.15, 0.2) is 0 Å². The lowest BCUT2D eigenvalue weighted by molar-refractivity contribution is -0.134. The Hall–Kier alpha value is -3.90. The zero-order valence-electron chi connectivity index (χ0n) is 17.6. The lowest BCUT2D eigenvalue weighted by Gasteiger charge is -2.11. The quantitative estimate of drug-likeness (QED) is 0.344. The molecule has 12 heteroatoms. The highest BCUT2D eigenvalue weighted by Crippen LogP contribution is 2.28. The van der Waals surface area contributed by atoms with Crippen molar-refractivity contribution < 1.29 is 32.6 Å². The number of nitrogens with one attached hydrogen (secondary N) is 1. The number of hydrogen-bond acceptors (Lipinski definition) is 7. The van der Waals surface area contributed by atoms with Crippen LogP contribution in [-0.2, 0) is 26.2 Å². The lowest BCUT2D eigenvalue weighted by Crippen LogP contribution is -2.14. The normalized spacial score (nSPS) is 11.1. The van der Waals surface area contributed by atoms with Crippen molar-refractivity contribution in [1.82, 2.24) is 19.3 Å². The van der Waals surface area contributed by atoms with E-state index in [1.807, 2.05) is 0 Å². The fourth-order valence-corrected chi connectivity index (χ4v) is 4.02. The molecule has 0 fully saturated rings. The van der Waals surface area contributed by atoms with Crippen LogP contribution in [0.3, 0.4) is 0 Å². The molecule has 0 spiro atoms. The van der Waals surface area contributed by atoms with E-state index < -0.39 is 27.9 Å². The first-order chi connectivity index (χ1) is 15.6. The van der Waals surface area contributed by atoms with Gasteiger partial charge in [-0.05, 0) is 49.9 Å². The number of pyridine rings is 2. The van der Waals surface area contributed by atoms with Gasteiger partial charge < -0.3 is 15.5 Å². The topological polar surface area (TPSA) is 151 Å². The third-order valence-corrected chi connectivity index (χ3v) is 5.70. The van der Waals surface area contributed by atoms with Gasteiger partial charge in [0.1, 0.15) is 4.90 Å². The number of hydrogen-bond donors (Lipinski definition) is 3. The molecule has 0 amide bonds. The highest BCUT2D eigenvalue weighted by molar-refractivity contribution is 7.90. The van der Waals surface area contributed by atoms with Crippen molar-refractivity contribution in [1.29, 1.82) is 0 Å². The van der Waals surface area contributed by atoms with E-state index in [2.05, 4.69) is 15.3 Å². The highest BCUT2D eigenvalue weighted by atomic mass is 32.2. The number of carboxylic acids is 2. The highest BCUT2D eigenvalue weighted by Gasteiger charge is 2.23. The van der Waals surface area contributed by atoms with Crippen molar-refractivity contribution in [3.63, 3.8) is 0 Å². The van der Waals surface area contributed by atoms with Crippen LogP contribution in [0, 0.1) is 12.9 Å². The van der Waals surface area contributed by atoms with Crippen molar-refractivity contribution in [3.8, 4) is 11.3 Å². The summed E-state index contributed by atoms with van der Waals surface area (Å²) in [4.78, 5) is 26.8. The number of nitrogens with zero attached hydrogens (tertiary/aromatic N) is 3. The third-order valence-electron chi connectivity index (χ3n) is 4.05. The van der Waals surface area contributed by atoms with Crippen LogP contribution in [0.25, 0.3) is 11.3 Å². The van der Waals surface area contributed by atoms with Crippen molar-refractivity contribution in [3.05, 3.63) is 78.3 Å². The molecule has 0 bridgehead atoms. The van der Waals surface area contributed by atoms with Gasteiger partial charge in [0, 0.05) is 43.0 Å². The average molecular weight is 476 g/mol. The Morgan fingerprint density at radius 3 is 2.36 bits per heavy atom. The van der Waals surface area contributed by atoms with Crippen molar-refractivity contribution in [2.45, 2.75) is 18.4 Å². The fraction of sp³-hybridized carbons (Fsp3) is 0.143. The summed E-state index contributed by atoms with van der Waals surface area (Å²) in [6.45, 7) is 2.12. The molecule has 0 aliphatic rings. The third kappa shape index (κ3) is 6.79. The summed E-state index contributed by atoms with van der Waals surface area (Å²) in [5.41, 5.74) is 1.58. The molecule has 0 aliphatic carbocycles. The zero-order valence-corrected chi connectivity index (χ0v) is 18.5. The van der Waals surface area contributed by atoms with E-state index in [1.165, 1.54) is 30.7 Å². The van der Waals surface area contributed by atoms with Crippen LogP contribution in [0.1, 0.15) is 11.3 Å². The number of aliphatic carboxylic acids is 2. The summed E-state index contributed by atoms with van der Waals surface area (Å²) < 4.78 is 41.4. The predicted octanol–water partition coefficient (Wildman–Crippen LogP) is 2.06. The molecule has 0 radical (unpaired) electrons. The first-order valence-electron chi connectivity index (χ1n) is 9.35. The van der Waals surface area contributed by atoms with Crippen LogP contribution < -0.4 is 5.32 Å². The van der Waals surface area contributed by atoms with Gasteiger partial charge >= 0.3 is 11.9 Å². The minimum absolute atomic E-state index is 0.0309. The Kier molecular flexibility index (Phi) is 8.54. The summed E-state index contributed by atoms with van der Waals surface area (Å²) in [6.07, 6.45) is 5.35. The largest absolute Gasteiger partial charge is 0.478 e. The molecular weight excluding hydrogens is 455 g/mol. The van der Waals surface area contributed by atoms with E-state index in [0.717, 1.165) is 3.97 Å². The van der Waals surface area contributed by atoms with Gasteiger partial charge in [-0.2, -0.15) is 4.39 Å². The van der Waals surface area contributed by atoms with E-state index >= 15 is 0 Å². The van der Waals surface area contributed by atoms with Crippen LogP contribution >= 0.6 is 0 Å². The van der Waals surface area contributed by atoms with Crippen LogP contribution in [0.2, 0.25) is 0 Å². The summed E-state index contributed by atoms with van der Waals surface area (Å²) in [5.74, 6) is -3.23. The molecule has 0 saturated carbocycles. The van der Waals surface area contributed by atoms with E-state index in [0.29, 0.717) is 30.0 Å². The molecule has 174 valence electrons. The van der Waals surface area contributed by atoms with Gasteiger partial charge in [-0.25, -0.2) is 27.0 Å². The Balaban J connectivity index is 0.000000414. The van der Waals surface area contributed by atoms with Crippen LogP contribution in [0.15, 0.2) is 66.0 Å². The fourth-order valence-electron chi connectivity index (χ4n) is 2.66. The van der Waals surface area contributed by atoms with Gasteiger partial charge in [-0.1, -0.05) is 0 Å². The first kappa shape index (κ1) is 25.4. The molecule has 0 unspecified atom stereocenters. The summed E-state index contributed by atoms with van der Waals surface area (Å²) >= 11 is 0. The van der Waals surface area contributed by atoms with Gasteiger partial charge in [-0.15, -0.1) is 0 Å². The number of aryl methyl sites for hydroxylation is 1. The molecule has 33 heavy (non-hydrogen) atoms. The average Bonchev–Trinajstić information content (AvgIpc) is 3.18. The number of aromatic nitrogens is 3. The molecule has 3 aromatic rings. The summed E-state index contributed by atoms with van der Waals surface area (Å²) in [6, 6.07) is 7.81. The maximum absolute atomic E-state index is 14.4. The van der Waals surface area contributed by atoms with Gasteiger partial charge in [-0.3, -0.25) is 4.98 Å². The molecule has 0 saturated heterocycles. The van der Waals surface area contributed by atoms with Crippen molar-refractivity contribution in [2.24, 2.45) is 0 Å². The lowest BCUT2D eigenvalue weighted by atomic mass is 10.2. The SMILES string of the molecule is CNCc1cc(-c2ccc(C)nc2F)n(S(=O)(=O)c2cccnc2)c1.O=C(O)C=CC(=O)O. The minimum atomic E-state index is -3.91. The van der Waals surface area contributed by atoms with Gasteiger partial charge in [0.05, 0.1) is 11.3 Å². The second-order valence-electron chi connectivity index (χ2n) is 6.55. The van der Waals surface area contributed by atoms with Crippen molar-refractivity contribution >= 4 is 22.0 Å². The van der Waals surface area contributed by atoms with Crippen LogP contribution in [0.5, 0.6) is 0 Å². The Morgan fingerprint density at radius 1 is 1.18 bits per heavy atom. The Bertz CT molecular complexity index is 1260. The maximum atomic E-state index is 14.4. The zero-order chi connectivity index (χ0) is 24.6. The van der Waals surface area contributed by atoms with E-state index in [-0.39, 0.29) is 16.2 Å². The molecule has 10 nitrogen and oxygen atoms in total. The number of rotatable bonds is 7. The molecule has 0 atom stereocenters. The Labute approximate surface area is 189 Å². The van der Waals surface area contributed by atoms with Crippen LogP contribution in [-0.4, -0.2) is 51.6 Å². The molecule has 3 N–H and O–H groups in total. The maximum Gasteiger partial charge on any atom is 0.328 e. The second kappa shape index (κ2) is 11.1. The molecule has 0 aromatic carbocycles. The second-order valence-corrected chi connectivity index (χ2v) is 8.37. The van der Waals surface area contributed by atoms with E-state index in [1.54, 1.807) is 32.2 Å². The Morgan fingerprint density at radius 2 is 1.85 bits per heavy atom. The summed E-state index contributed by atoms with van der Waals surface area (Å²) in [5, 5.41) is 18.6. The van der Waals surface area contributed by atoms with Crippen LogP contribution in [0.4, 0.5) is 4.39 Å². The predicted molar refractivity (Wildman–Crippen MR) is 116 cm³/mol. The molecule has 3 heterocycles.